The molecular formula is C11BF15. The molecular weight excluding hydrogens is 428 g/mol. The molecule has 1 aromatic carbocycles. The second-order valence-electron chi connectivity index (χ2n) is 4.78. The molecule has 1 aromatic rings. The molecule has 1 rings (SSSR count). The maximum absolute atomic E-state index is 12.9. The van der Waals surface area contributed by atoms with Gasteiger partial charge < -0.3 is 0 Å². The van der Waals surface area contributed by atoms with E-state index in [4.69, 9.17) is 0 Å². The summed E-state index contributed by atoms with van der Waals surface area (Å²) in [5, 5.41) is 0. The molecule has 2 radical (unpaired) electrons. The van der Waals surface area contributed by atoms with Gasteiger partial charge in [-0.25, -0.2) is 0 Å². The molecule has 0 N–H and O–H groups in total. The molecule has 16 heteroatoms. The topological polar surface area (TPSA) is 0 Å². The van der Waals surface area contributed by atoms with Gasteiger partial charge in [-0.15, -0.1) is 0 Å². The van der Waals surface area contributed by atoms with Gasteiger partial charge in [0.2, 0.25) is 0 Å². The molecule has 0 aliphatic rings. The minimum absolute atomic E-state index is 3.18. The van der Waals surface area contributed by atoms with Gasteiger partial charge in [-0.1, -0.05) is 5.46 Å². The zero-order valence-electron chi connectivity index (χ0n) is 11.7. The van der Waals surface area contributed by atoms with Gasteiger partial charge in [0.15, 0.2) is 0 Å². The first-order chi connectivity index (χ1) is 11.5. The average molecular weight is 428 g/mol. The summed E-state index contributed by atoms with van der Waals surface area (Å²) in [6, 6.07) is 0. The maximum atomic E-state index is 12.9. The number of rotatable bonds is 0. The molecule has 0 bridgehead atoms. The van der Waals surface area contributed by atoms with Crippen molar-refractivity contribution in [2.45, 2.75) is 30.9 Å². The summed E-state index contributed by atoms with van der Waals surface area (Å²) in [5.74, 6) is 0. The summed E-state index contributed by atoms with van der Waals surface area (Å²) >= 11 is 0. The molecule has 0 aliphatic carbocycles. The van der Waals surface area contributed by atoms with E-state index in [1.807, 2.05) is 0 Å². The van der Waals surface area contributed by atoms with E-state index in [9.17, 15) is 65.9 Å². The van der Waals surface area contributed by atoms with Crippen molar-refractivity contribution < 1.29 is 65.9 Å². The summed E-state index contributed by atoms with van der Waals surface area (Å²) in [4.78, 5) is 0. The van der Waals surface area contributed by atoms with E-state index in [1.54, 1.807) is 0 Å². The van der Waals surface area contributed by atoms with Crippen molar-refractivity contribution in [2.75, 3.05) is 0 Å². The number of alkyl halides is 15. The molecule has 27 heavy (non-hydrogen) atoms. The molecule has 0 saturated heterocycles. The summed E-state index contributed by atoms with van der Waals surface area (Å²) in [5.41, 5.74) is -22.8. The standard InChI is InChI=1S/C11BF15/c12-6-4(10(22,23)24)2(8(16,17)18)1(7(13,14)15)3(9(19,20)21)5(6)11(25,26)27. The number of halogens is 15. The number of hydrogen-bond acceptors (Lipinski definition) is 0. The average Bonchev–Trinajstić information content (AvgIpc) is 2.29. The van der Waals surface area contributed by atoms with Crippen LogP contribution in [0.25, 0.3) is 0 Å². The molecule has 0 amide bonds. The third-order valence-corrected chi connectivity index (χ3v) is 2.96. The van der Waals surface area contributed by atoms with Crippen LogP contribution in [0.3, 0.4) is 0 Å². The lowest BCUT2D eigenvalue weighted by Crippen LogP contribution is -2.39. The Morgan fingerprint density at radius 3 is 0.630 bits per heavy atom. The summed E-state index contributed by atoms with van der Waals surface area (Å²) < 4.78 is 192. The van der Waals surface area contributed by atoms with Crippen LogP contribution in [0.2, 0.25) is 0 Å². The van der Waals surface area contributed by atoms with Crippen molar-refractivity contribution in [3.8, 4) is 0 Å². The number of benzene rings is 1. The third kappa shape index (κ3) is 4.39. The molecule has 0 fully saturated rings. The van der Waals surface area contributed by atoms with Crippen LogP contribution in [-0.4, -0.2) is 7.85 Å². The lowest BCUT2D eigenvalue weighted by molar-refractivity contribution is -0.188. The molecule has 0 atom stereocenters. The van der Waals surface area contributed by atoms with Crippen LogP contribution < -0.4 is 5.46 Å². The largest absolute Gasteiger partial charge is 0.417 e. The van der Waals surface area contributed by atoms with E-state index in [1.165, 1.54) is 0 Å². The Labute approximate surface area is 139 Å². The highest BCUT2D eigenvalue weighted by atomic mass is 19.4. The summed E-state index contributed by atoms with van der Waals surface area (Å²) in [6.45, 7) is 0. The number of hydrogen-bond donors (Lipinski definition) is 0. The zero-order chi connectivity index (χ0) is 22.0. The lowest BCUT2D eigenvalue weighted by atomic mass is 9.76. The summed E-state index contributed by atoms with van der Waals surface area (Å²) in [6.07, 6.45) is -33.7. The molecule has 152 valence electrons. The SMILES string of the molecule is [B]c1c(C(F)(F)F)c(C(F)(F)F)c(C(F)(F)F)c(C(F)(F)F)c1C(F)(F)F. The van der Waals surface area contributed by atoms with Crippen molar-refractivity contribution >= 4 is 13.3 Å². The van der Waals surface area contributed by atoms with E-state index in [-0.39, 0.29) is 0 Å². The van der Waals surface area contributed by atoms with Gasteiger partial charge in [0.1, 0.15) is 7.85 Å². The first kappa shape index (κ1) is 23.3. The van der Waals surface area contributed by atoms with Crippen LogP contribution in [0, 0.1) is 0 Å². The van der Waals surface area contributed by atoms with E-state index < -0.39 is 64.2 Å². The molecule has 0 saturated carbocycles. The summed E-state index contributed by atoms with van der Waals surface area (Å²) in [7, 11) is 4.26. The van der Waals surface area contributed by atoms with Crippen LogP contribution in [0.15, 0.2) is 0 Å². The van der Waals surface area contributed by atoms with Gasteiger partial charge in [-0.2, -0.15) is 65.9 Å². The molecule has 0 spiro atoms. The van der Waals surface area contributed by atoms with Gasteiger partial charge in [0.05, 0.1) is 27.8 Å². The van der Waals surface area contributed by atoms with E-state index in [0.29, 0.717) is 0 Å². The fraction of sp³-hybridized carbons (Fsp3) is 0.455. The van der Waals surface area contributed by atoms with Crippen LogP contribution in [0.5, 0.6) is 0 Å². The van der Waals surface area contributed by atoms with Crippen molar-refractivity contribution in [1.29, 1.82) is 0 Å². The molecule has 0 unspecified atom stereocenters. The molecule has 0 nitrogen and oxygen atoms in total. The minimum Gasteiger partial charge on any atom is -0.166 e. The first-order valence-corrected chi connectivity index (χ1v) is 5.87. The first-order valence-electron chi connectivity index (χ1n) is 5.87. The smallest absolute Gasteiger partial charge is 0.166 e. The maximum Gasteiger partial charge on any atom is 0.417 e. The van der Waals surface area contributed by atoms with Crippen molar-refractivity contribution in [1.82, 2.24) is 0 Å². The highest BCUT2D eigenvalue weighted by Gasteiger charge is 2.59. The monoisotopic (exact) mass is 428 g/mol. The van der Waals surface area contributed by atoms with Crippen LogP contribution in [0.4, 0.5) is 65.9 Å². The van der Waals surface area contributed by atoms with Crippen molar-refractivity contribution in [2.24, 2.45) is 0 Å². The highest BCUT2D eigenvalue weighted by molar-refractivity contribution is 6.35. The van der Waals surface area contributed by atoms with E-state index in [2.05, 4.69) is 7.85 Å². The van der Waals surface area contributed by atoms with Gasteiger partial charge in [-0.3, -0.25) is 0 Å². The Kier molecular flexibility index (Phi) is 5.28. The predicted octanol–water partition coefficient (Wildman–Crippen LogP) is 5.57. The Morgan fingerprint density at radius 1 is 0.333 bits per heavy atom. The normalized spacial score (nSPS) is 14.6. The zero-order valence-corrected chi connectivity index (χ0v) is 11.7. The fourth-order valence-electron chi connectivity index (χ4n) is 2.21. The highest BCUT2D eigenvalue weighted by Crippen LogP contribution is 2.53. The van der Waals surface area contributed by atoms with Gasteiger partial charge in [-0.05, 0) is 0 Å². The Balaban J connectivity index is 4.58. The van der Waals surface area contributed by atoms with Crippen molar-refractivity contribution in [3.63, 3.8) is 0 Å². The minimum atomic E-state index is -6.90. The van der Waals surface area contributed by atoms with Crippen LogP contribution in [-0.2, 0) is 30.9 Å². The fourth-order valence-corrected chi connectivity index (χ4v) is 2.21. The quantitative estimate of drug-likeness (QED) is 0.375. The van der Waals surface area contributed by atoms with Crippen LogP contribution >= 0.6 is 0 Å². The molecule has 0 aliphatic heterocycles. The second-order valence-corrected chi connectivity index (χ2v) is 4.78. The Bertz CT molecular complexity index is 672. The predicted molar refractivity (Wildman–Crippen MR) is 56.8 cm³/mol. The Hall–Kier alpha value is -1.77. The lowest BCUT2D eigenvalue weighted by Gasteiger charge is -2.29. The Morgan fingerprint density at radius 2 is 0.481 bits per heavy atom. The van der Waals surface area contributed by atoms with Crippen LogP contribution in [0.1, 0.15) is 27.8 Å². The molecule has 0 heterocycles. The molecule has 0 aromatic heterocycles. The van der Waals surface area contributed by atoms with E-state index in [0.717, 1.165) is 0 Å². The van der Waals surface area contributed by atoms with Gasteiger partial charge in [0, 0.05) is 0 Å². The van der Waals surface area contributed by atoms with Gasteiger partial charge in [0.25, 0.3) is 0 Å². The van der Waals surface area contributed by atoms with Crippen molar-refractivity contribution in [3.05, 3.63) is 27.8 Å². The second kappa shape index (κ2) is 6.12. The van der Waals surface area contributed by atoms with Gasteiger partial charge >= 0.3 is 30.9 Å². The third-order valence-electron chi connectivity index (χ3n) is 2.96. The van der Waals surface area contributed by atoms with E-state index >= 15 is 0 Å².